The second kappa shape index (κ2) is 15.7. The summed E-state index contributed by atoms with van der Waals surface area (Å²) >= 11 is 0. The van der Waals surface area contributed by atoms with E-state index in [0.717, 1.165) is 78.7 Å². The normalized spacial score (nSPS) is 15.1. The molecule has 1 atom stereocenters. The van der Waals surface area contributed by atoms with E-state index in [4.69, 9.17) is 9.72 Å². The Morgan fingerprint density at radius 2 is 1.91 bits per heavy atom. The van der Waals surface area contributed by atoms with E-state index in [9.17, 15) is 10.1 Å². The van der Waals surface area contributed by atoms with Crippen LogP contribution in [-0.4, -0.2) is 54.6 Å². The van der Waals surface area contributed by atoms with Crippen LogP contribution in [0.2, 0.25) is 0 Å². The zero-order valence-corrected chi connectivity index (χ0v) is 25.5. The van der Waals surface area contributed by atoms with Crippen LogP contribution in [0.25, 0.3) is 22.0 Å². The zero-order valence-electron chi connectivity index (χ0n) is 25.5. The molecule has 2 aromatic carbocycles. The molecule has 224 valence electrons. The highest BCUT2D eigenvalue weighted by molar-refractivity contribution is 6.08. The molecule has 1 aromatic heterocycles. The van der Waals surface area contributed by atoms with E-state index in [0.29, 0.717) is 36.5 Å². The van der Waals surface area contributed by atoms with Crippen molar-refractivity contribution in [1.29, 1.82) is 5.26 Å². The van der Waals surface area contributed by atoms with Gasteiger partial charge in [0.05, 0.1) is 29.3 Å². The largest absolute Gasteiger partial charge is 0.494 e. The van der Waals surface area contributed by atoms with Gasteiger partial charge in [0.1, 0.15) is 11.6 Å². The molecular formula is C36H43N5O2. The van der Waals surface area contributed by atoms with Crippen LogP contribution in [0.15, 0.2) is 85.2 Å². The SMILES string of the molecule is C=C/C(CCNc1cc(C(=O)N2CCC[C@H]2CNCCCC)c2cc(-c3ccc(C#N)cc3)ccc2n1)=C(\C=C)OCC. The highest BCUT2D eigenvalue weighted by Crippen LogP contribution is 2.30. The number of benzene rings is 2. The van der Waals surface area contributed by atoms with Crippen molar-refractivity contribution in [2.75, 3.05) is 38.1 Å². The maximum Gasteiger partial charge on any atom is 0.254 e. The number of pyridine rings is 1. The van der Waals surface area contributed by atoms with Gasteiger partial charge in [-0.1, -0.05) is 50.8 Å². The quantitative estimate of drug-likeness (QED) is 0.112. The number of anilines is 1. The standard InChI is InChI=1S/C36H43N5O2/c1-5-9-19-38-25-30-11-10-21-41(30)36(42)32-23-35(39-20-18-27(6-2)34(7-3)43-8-4)40-33-17-16-29(22-31(32)33)28-14-12-26(24-37)13-15-28/h6-7,12-17,22-23,30,38H,2-3,5,8-11,18-21,25H2,1,4H3,(H,39,40)/b34-27-/t30-/m0/s1. The fourth-order valence-electron chi connectivity index (χ4n) is 5.54. The van der Waals surface area contributed by atoms with Gasteiger partial charge in [0.15, 0.2) is 0 Å². The predicted molar refractivity (Wildman–Crippen MR) is 176 cm³/mol. The molecule has 7 heteroatoms. The predicted octanol–water partition coefficient (Wildman–Crippen LogP) is 7.23. The molecule has 1 fully saturated rings. The molecule has 0 saturated carbocycles. The Morgan fingerprint density at radius 3 is 2.60 bits per heavy atom. The van der Waals surface area contributed by atoms with Crippen LogP contribution in [0.3, 0.4) is 0 Å². The van der Waals surface area contributed by atoms with Crippen molar-refractivity contribution in [3.8, 4) is 17.2 Å². The molecule has 1 aliphatic rings. The van der Waals surface area contributed by atoms with Crippen molar-refractivity contribution < 1.29 is 9.53 Å². The van der Waals surface area contributed by atoms with Gasteiger partial charge in [-0.3, -0.25) is 4.79 Å². The van der Waals surface area contributed by atoms with Crippen molar-refractivity contribution in [1.82, 2.24) is 15.2 Å². The Hall–Kier alpha value is -4.41. The molecule has 2 heterocycles. The molecule has 0 unspecified atom stereocenters. The molecule has 2 N–H and O–H groups in total. The third-order valence-electron chi connectivity index (χ3n) is 7.86. The number of fused-ring (bicyclic) bond motifs is 1. The van der Waals surface area contributed by atoms with E-state index >= 15 is 0 Å². The molecule has 1 amide bonds. The summed E-state index contributed by atoms with van der Waals surface area (Å²) in [5.41, 5.74) is 4.93. The Labute approximate surface area is 256 Å². The van der Waals surface area contributed by atoms with Crippen molar-refractivity contribution in [2.24, 2.45) is 0 Å². The highest BCUT2D eigenvalue weighted by atomic mass is 16.5. The number of amides is 1. The molecule has 1 saturated heterocycles. The smallest absolute Gasteiger partial charge is 0.254 e. The summed E-state index contributed by atoms with van der Waals surface area (Å²) in [6.45, 7) is 15.6. The lowest BCUT2D eigenvalue weighted by atomic mass is 9.99. The summed E-state index contributed by atoms with van der Waals surface area (Å²) in [6, 6.07) is 17.8. The van der Waals surface area contributed by atoms with Gasteiger partial charge in [-0.25, -0.2) is 4.98 Å². The van der Waals surface area contributed by atoms with Gasteiger partial charge in [0, 0.05) is 31.1 Å². The van der Waals surface area contributed by atoms with Crippen LogP contribution in [0.5, 0.6) is 0 Å². The second-order valence-electron chi connectivity index (χ2n) is 10.7. The van der Waals surface area contributed by atoms with E-state index in [-0.39, 0.29) is 11.9 Å². The van der Waals surface area contributed by atoms with Crippen LogP contribution < -0.4 is 10.6 Å². The summed E-state index contributed by atoms with van der Waals surface area (Å²) in [5.74, 6) is 1.41. The van der Waals surface area contributed by atoms with Gasteiger partial charge in [-0.15, -0.1) is 0 Å². The summed E-state index contributed by atoms with van der Waals surface area (Å²) in [4.78, 5) is 21.2. The first-order chi connectivity index (χ1) is 21.0. The lowest BCUT2D eigenvalue weighted by Gasteiger charge is -2.26. The number of aromatic nitrogens is 1. The van der Waals surface area contributed by atoms with Crippen molar-refractivity contribution >= 4 is 22.6 Å². The summed E-state index contributed by atoms with van der Waals surface area (Å²) < 4.78 is 5.70. The number of allylic oxidation sites excluding steroid dienone is 2. The number of unbranched alkanes of at least 4 members (excludes halogenated alkanes) is 1. The first-order valence-electron chi connectivity index (χ1n) is 15.3. The molecule has 0 spiro atoms. The minimum Gasteiger partial charge on any atom is -0.494 e. The number of ether oxygens (including phenoxy) is 1. The van der Waals surface area contributed by atoms with Crippen LogP contribution >= 0.6 is 0 Å². The highest BCUT2D eigenvalue weighted by Gasteiger charge is 2.30. The molecule has 4 rings (SSSR count). The van der Waals surface area contributed by atoms with Crippen molar-refractivity contribution in [2.45, 2.75) is 52.0 Å². The Morgan fingerprint density at radius 1 is 1.12 bits per heavy atom. The van der Waals surface area contributed by atoms with Crippen LogP contribution in [-0.2, 0) is 4.74 Å². The van der Waals surface area contributed by atoms with Crippen LogP contribution in [0.1, 0.15) is 61.9 Å². The average molecular weight is 578 g/mol. The topological polar surface area (TPSA) is 90.3 Å². The van der Waals surface area contributed by atoms with Crippen LogP contribution in [0, 0.1) is 11.3 Å². The number of nitriles is 1. The van der Waals surface area contributed by atoms with Gasteiger partial charge in [-0.05, 0) is 92.3 Å². The van der Waals surface area contributed by atoms with Crippen LogP contribution in [0.4, 0.5) is 5.82 Å². The summed E-state index contributed by atoms with van der Waals surface area (Å²) in [6.07, 6.45) is 8.44. The minimum atomic E-state index is 0.0317. The minimum absolute atomic E-state index is 0.0317. The fourth-order valence-corrected chi connectivity index (χ4v) is 5.54. The van der Waals surface area contributed by atoms with E-state index in [1.54, 1.807) is 12.2 Å². The van der Waals surface area contributed by atoms with Gasteiger partial charge in [-0.2, -0.15) is 5.26 Å². The summed E-state index contributed by atoms with van der Waals surface area (Å²) in [5, 5.41) is 17.0. The zero-order chi connectivity index (χ0) is 30.6. The molecule has 43 heavy (non-hydrogen) atoms. The molecule has 0 radical (unpaired) electrons. The maximum absolute atomic E-state index is 14.2. The van der Waals surface area contributed by atoms with Crippen molar-refractivity contribution in [3.63, 3.8) is 0 Å². The number of rotatable bonds is 15. The van der Waals surface area contributed by atoms with E-state index in [1.165, 1.54) is 0 Å². The van der Waals surface area contributed by atoms with E-state index in [1.807, 2.05) is 60.4 Å². The lowest BCUT2D eigenvalue weighted by molar-refractivity contribution is 0.0737. The third-order valence-corrected chi connectivity index (χ3v) is 7.86. The van der Waals surface area contributed by atoms with E-state index in [2.05, 4.69) is 36.8 Å². The first-order valence-corrected chi connectivity index (χ1v) is 15.3. The number of carbonyl (C=O) groups is 1. The van der Waals surface area contributed by atoms with Gasteiger partial charge in [0.25, 0.3) is 5.91 Å². The number of likely N-dealkylation sites (tertiary alicyclic amines) is 1. The monoisotopic (exact) mass is 577 g/mol. The molecule has 3 aromatic rings. The average Bonchev–Trinajstić information content (AvgIpc) is 3.52. The number of hydrogen-bond donors (Lipinski definition) is 2. The Kier molecular flexibility index (Phi) is 11.5. The van der Waals surface area contributed by atoms with Gasteiger partial charge < -0.3 is 20.3 Å². The maximum atomic E-state index is 14.2. The molecule has 1 aliphatic heterocycles. The van der Waals surface area contributed by atoms with Gasteiger partial charge in [0.2, 0.25) is 0 Å². The molecule has 0 bridgehead atoms. The molecule has 7 nitrogen and oxygen atoms in total. The van der Waals surface area contributed by atoms with E-state index < -0.39 is 0 Å². The number of nitrogens with zero attached hydrogens (tertiary/aromatic N) is 3. The van der Waals surface area contributed by atoms with Crippen molar-refractivity contribution in [3.05, 3.63) is 96.3 Å². The lowest BCUT2D eigenvalue weighted by Crippen LogP contribution is -2.42. The Balaban J connectivity index is 1.67. The molecule has 0 aliphatic carbocycles. The fraction of sp³-hybridized carbons (Fsp3) is 0.361. The van der Waals surface area contributed by atoms with Gasteiger partial charge >= 0.3 is 0 Å². The number of nitrogens with one attached hydrogen (secondary N) is 2. The second-order valence-corrected chi connectivity index (χ2v) is 10.7. The number of hydrogen-bond acceptors (Lipinski definition) is 6. The molecular weight excluding hydrogens is 534 g/mol. The number of carbonyl (C=O) groups excluding carboxylic acids is 1. The first kappa shape index (κ1) is 31.5. The Bertz CT molecular complexity index is 1500. The third kappa shape index (κ3) is 7.91. The summed E-state index contributed by atoms with van der Waals surface area (Å²) in [7, 11) is 0.